The van der Waals surface area contributed by atoms with Gasteiger partial charge in [-0.05, 0) is 51.1 Å². The lowest BCUT2D eigenvalue weighted by Gasteiger charge is -2.42. The van der Waals surface area contributed by atoms with E-state index >= 15 is 0 Å². The molecule has 2 unspecified atom stereocenters. The zero-order chi connectivity index (χ0) is 10.7. The van der Waals surface area contributed by atoms with Crippen LogP contribution in [0.25, 0.3) is 0 Å². The van der Waals surface area contributed by atoms with Crippen LogP contribution in [0.1, 0.15) is 46.0 Å². The van der Waals surface area contributed by atoms with Gasteiger partial charge in [0.25, 0.3) is 0 Å². The molecule has 2 heteroatoms. The van der Waals surface area contributed by atoms with Crippen molar-refractivity contribution in [3.63, 3.8) is 0 Å². The molecular weight excluding hydrogens is 186 g/mol. The molecule has 0 aromatic heterocycles. The minimum atomic E-state index is 0.511. The SMILES string of the molecule is CCC1OCCC1(CC)C1CCNCC1. The van der Waals surface area contributed by atoms with Gasteiger partial charge in [0, 0.05) is 12.0 Å². The third-order valence-electron chi connectivity index (χ3n) is 4.71. The summed E-state index contributed by atoms with van der Waals surface area (Å²) in [6.07, 6.45) is 7.03. The summed E-state index contributed by atoms with van der Waals surface area (Å²) >= 11 is 0. The van der Waals surface area contributed by atoms with Gasteiger partial charge in [-0.25, -0.2) is 0 Å². The standard InChI is InChI=1S/C13H25NO/c1-3-12-13(4-2,7-10-15-12)11-5-8-14-9-6-11/h11-12,14H,3-10H2,1-2H3. The topological polar surface area (TPSA) is 21.3 Å². The fourth-order valence-electron chi connectivity index (χ4n) is 3.80. The van der Waals surface area contributed by atoms with Crippen molar-refractivity contribution in [2.75, 3.05) is 19.7 Å². The molecule has 0 spiro atoms. The molecule has 0 aliphatic carbocycles. The van der Waals surface area contributed by atoms with E-state index in [9.17, 15) is 0 Å². The van der Waals surface area contributed by atoms with Crippen LogP contribution in [0.4, 0.5) is 0 Å². The second kappa shape index (κ2) is 4.84. The average molecular weight is 211 g/mol. The predicted octanol–water partition coefficient (Wildman–Crippen LogP) is 2.58. The van der Waals surface area contributed by atoms with Crippen LogP contribution >= 0.6 is 0 Å². The van der Waals surface area contributed by atoms with Gasteiger partial charge >= 0.3 is 0 Å². The molecule has 0 aromatic carbocycles. The van der Waals surface area contributed by atoms with Crippen LogP contribution in [-0.2, 0) is 4.74 Å². The zero-order valence-corrected chi connectivity index (χ0v) is 10.2. The fourth-order valence-corrected chi connectivity index (χ4v) is 3.80. The molecule has 2 atom stereocenters. The van der Waals surface area contributed by atoms with Crippen molar-refractivity contribution in [3.8, 4) is 0 Å². The summed E-state index contributed by atoms with van der Waals surface area (Å²) in [6, 6.07) is 0. The van der Waals surface area contributed by atoms with Gasteiger partial charge in [0.05, 0.1) is 6.10 Å². The molecule has 2 fully saturated rings. The largest absolute Gasteiger partial charge is 0.378 e. The van der Waals surface area contributed by atoms with E-state index < -0.39 is 0 Å². The molecule has 2 aliphatic heterocycles. The number of hydrogen-bond donors (Lipinski definition) is 1. The molecule has 0 bridgehead atoms. The Kier molecular flexibility index (Phi) is 3.68. The lowest BCUT2D eigenvalue weighted by molar-refractivity contribution is -0.000214. The molecule has 0 radical (unpaired) electrons. The second-order valence-electron chi connectivity index (χ2n) is 5.13. The van der Waals surface area contributed by atoms with Gasteiger partial charge in [0.15, 0.2) is 0 Å². The van der Waals surface area contributed by atoms with Crippen LogP contribution < -0.4 is 5.32 Å². The molecule has 88 valence electrons. The zero-order valence-electron chi connectivity index (χ0n) is 10.2. The maximum atomic E-state index is 5.94. The Labute approximate surface area is 93.8 Å². The van der Waals surface area contributed by atoms with E-state index in [0.29, 0.717) is 11.5 Å². The maximum absolute atomic E-state index is 5.94. The third-order valence-corrected chi connectivity index (χ3v) is 4.71. The Hall–Kier alpha value is -0.0800. The summed E-state index contributed by atoms with van der Waals surface area (Å²) in [4.78, 5) is 0. The lowest BCUT2D eigenvalue weighted by Crippen LogP contribution is -2.43. The van der Waals surface area contributed by atoms with Gasteiger partial charge in [-0.3, -0.25) is 0 Å². The van der Waals surface area contributed by atoms with Crippen molar-refractivity contribution in [2.24, 2.45) is 11.3 Å². The molecule has 15 heavy (non-hydrogen) atoms. The van der Waals surface area contributed by atoms with Crippen LogP contribution in [0.3, 0.4) is 0 Å². The Balaban J connectivity index is 2.11. The van der Waals surface area contributed by atoms with E-state index in [-0.39, 0.29) is 0 Å². The molecule has 0 amide bonds. The summed E-state index contributed by atoms with van der Waals surface area (Å²) in [6.45, 7) is 8.06. The van der Waals surface area contributed by atoms with Crippen molar-refractivity contribution >= 4 is 0 Å². The quantitative estimate of drug-likeness (QED) is 0.774. The average Bonchev–Trinajstić information content (AvgIpc) is 2.74. The highest BCUT2D eigenvalue weighted by atomic mass is 16.5. The van der Waals surface area contributed by atoms with Gasteiger partial charge in [-0.1, -0.05) is 13.8 Å². The van der Waals surface area contributed by atoms with Gasteiger partial charge in [0.1, 0.15) is 0 Å². The first kappa shape index (κ1) is 11.4. The van der Waals surface area contributed by atoms with Crippen molar-refractivity contribution < 1.29 is 4.74 Å². The van der Waals surface area contributed by atoms with E-state index in [1.165, 1.54) is 45.2 Å². The van der Waals surface area contributed by atoms with E-state index in [1.807, 2.05) is 0 Å². The molecule has 2 heterocycles. The molecule has 2 rings (SSSR count). The first-order valence-electron chi connectivity index (χ1n) is 6.65. The van der Waals surface area contributed by atoms with Crippen molar-refractivity contribution in [1.82, 2.24) is 5.32 Å². The first-order chi connectivity index (χ1) is 7.33. The summed E-state index contributed by atoms with van der Waals surface area (Å²) in [5.74, 6) is 0.899. The Morgan fingerprint density at radius 1 is 1.27 bits per heavy atom. The Morgan fingerprint density at radius 3 is 2.60 bits per heavy atom. The van der Waals surface area contributed by atoms with Crippen molar-refractivity contribution in [3.05, 3.63) is 0 Å². The van der Waals surface area contributed by atoms with Crippen LogP contribution in [0.2, 0.25) is 0 Å². The van der Waals surface area contributed by atoms with E-state index in [1.54, 1.807) is 0 Å². The number of rotatable bonds is 3. The summed E-state index contributed by atoms with van der Waals surface area (Å²) < 4.78 is 5.94. The van der Waals surface area contributed by atoms with E-state index in [0.717, 1.165) is 12.5 Å². The number of hydrogen-bond acceptors (Lipinski definition) is 2. The molecule has 0 saturated carbocycles. The number of piperidine rings is 1. The smallest absolute Gasteiger partial charge is 0.0632 e. The molecule has 1 N–H and O–H groups in total. The van der Waals surface area contributed by atoms with E-state index in [2.05, 4.69) is 19.2 Å². The molecule has 2 aliphatic rings. The van der Waals surface area contributed by atoms with Gasteiger partial charge < -0.3 is 10.1 Å². The Bertz CT molecular complexity index is 201. The fraction of sp³-hybridized carbons (Fsp3) is 1.00. The van der Waals surface area contributed by atoms with Crippen LogP contribution in [0.5, 0.6) is 0 Å². The van der Waals surface area contributed by atoms with Gasteiger partial charge in [-0.2, -0.15) is 0 Å². The summed E-state index contributed by atoms with van der Waals surface area (Å²) in [7, 11) is 0. The highest BCUT2D eigenvalue weighted by Crippen LogP contribution is 2.49. The number of ether oxygens (including phenoxy) is 1. The summed E-state index contributed by atoms with van der Waals surface area (Å²) in [5, 5.41) is 3.47. The van der Waals surface area contributed by atoms with E-state index in [4.69, 9.17) is 4.74 Å². The maximum Gasteiger partial charge on any atom is 0.0632 e. The predicted molar refractivity (Wildman–Crippen MR) is 63.0 cm³/mol. The highest BCUT2D eigenvalue weighted by molar-refractivity contribution is 4.96. The Morgan fingerprint density at radius 2 is 2.00 bits per heavy atom. The van der Waals surface area contributed by atoms with Crippen molar-refractivity contribution in [2.45, 2.75) is 52.1 Å². The van der Waals surface area contributed by atoms with Crippen LogP contribution in [0, 0.1) is 11.3 Å². The molecule has 2 nitrogen and oxygen atoms in total. The van der Waals surface area contributed by atoms with Crippen LogP contribution in [0.15, 0.2) is 0 Å². The molecular formula is C13H25NO. The lowest BCUT2D eigenvalue weighted by atomic mass is 9.65. The summed E-state index contributed by atoms with van der Waals surface area (Å²) in [5.41, 5.74) is 0.511. The number of nitrogens with one attached hydrogen (secondary N) is 1. The third kappa shape index (κ3) is 1.94. The monoisotopic (exact) mass is 211 g/mol. The minimum absolute atomic E-state index is 0.511. The first-order valence-corrected chi connectivity index (χ1v) is 6.65. The molecule has 0 aromatic rings. The van der Waals surface area contributed by atoms with Crippen molar-refractivity contribution in [1.29, 1.82) is 0 Å². The second-order valence-corrected chi connectivity index (χ2v) is 5.13. The minimum Gasteiger partial charge on any atom is -0.378 e. The highest BCUT2D eigenvalue weighted by Gasteiger charge is 2.47. The van der Waals surface area contributed by atoms with Gasteiger partial charge in [-0.15, -0.1) is 0 Å². The molecule has 2 saturated heterocycles. The normalized spacial score (nSPS) is 38.4. The van der Waals surface area contributed by atoms with Crippen LogP contribution in [-0.4, -0.2) is 25.8 Å². The van der Waals surface area contributed by atoms with Gasteiger partial charge in [0.2, 0.25) is 0 Å².